The zero-order valence-electron chi connectivity index (χ0n) is 21.5. The molecule has 1 aliphatic heterocycles. The number of hydroxylamine groups is 1. The number of alkyl halides is 1. The van der Waals surface area contributed by atoms with Gasteiger partial charge in [-0.3, -0.25) is 24.3 Å². The standard InChI is InChI=1S/C29H33FN2O6/c1-26-10-9-21(35)11-17(26)3-8-22-23-12-18-14-32(20-6-4-19(5-7-20)31-16-34)38-29(18,25(37)15-33)27(23,2)13-24(36)28(22,26)30/h4-7,9-11,16,18,22-24,33,36H,3,8,12-15H2,1-2H3,(H,31,34)/t18-,22-,23-,24-,26-,27-,28-,29-/m0/s1. The summed E-state index contributed by atoms with van der Waals surface area (Å²) in [7, 11) is 0. The summed E-state index contributed by atoms with van der Waals surface area (Å²) in [6.45, 7) is 3.33. The number of nitrogens with one attached hydrogen (secondary N) is 1. The van der Waals surface area contributed by atoms with E-state index in [2.05, 4.69) is 5.32 Å². The highest BCUT2D eigenvalue weighted by molar-refractivity contribution is 6.01. The van der Waals surface area contributed by atoms with E-state index in [0.717, 1.165) is 0 Å². The molecule has 1 aromatic rings. The largest absolute Gasteiger partial charge is 0.390 e. The Hall–Kier alpha value is -2.88. The molecule has 1 saturated heterocycles. The first-order valence-electron chi connectivity index (χ1n) is 13.3. The molecule has 6 rings (SSSR count). The van der Waals surface area contributed by atoms with Crippen molar-refractivity contribution in [2.45, 2.75) is 56.9 Å². The van der Waals surface area contributed by atoms with Crippen LogP contribution in [-0.2, 0) is 19.2 Å². The number of carbonyl (C=O) groups is 3. The molecular weight excluding hydrogens is 491 g/mol. The number of aliphatic hydroxyl groups excluding tert-OH is 2. The molecule has 8 atom stereocenters. The van der Waals surface area contributed by atoms with Crippen LogP contribution in [0.3, 0.4) is 0 Å². The molecule has 0 aromatic heterocycles. The Labute approximate surface area is 220 Å². The molecule has 1 heterocycles. The number of allylic oxidation sites excluding steroid dienone is 4. The first-order chi connectivity index (χ1) is 18.0. The van der Waals surface area contributed by atoms with Crippen LogP contribution in [-0.4, -0.2) is 58.7 Å². The quantitative estimate of drug-likeness (QED) is 0.507. The number of Topliss-reactive ketones (excluding diaryl/α,β-unsaturated/α-hetero) is 1. The number of aliphatic hydroxyl groups is 2. The minimum absolute atomic E-state index is 0.00635. The Kier molecular flexibility index (Phi) is 5.55. The third kappa shape index (κ3) is 2.98. The van der Waals surface area contributed by atoms with E-state index in [1.54, 1.807) is 42.3 Å². The molecule has 0 radical (unpaired) electrons. The molecule has 4 aliphatic carbocycles. The predicted molar refractivity (Wildman–Crippen MR) is 137 cm³/mol. The lowest BCUT2D eigenvalue weighted by Gasteiger charge is -2.62. The van der Waals surface area contributed by atoms with E-state index in [-0.39, 0.29) is 24.0 Å². The second-order valence-corrected chi connectivity index (χ2v) is 12.0. The minimum atomic E-state index is -2.00. The number of hydrogen-bond donors (Lipinski definition) is 3. The van der Waals surface area contributed by atoms with Crippen molar-refractivity contribution in [2.24, 2.45) is 28.6 Å². The molecule has 0 spiro atoms. The highest BCUT2D eigenvalue weighted by Gasteiger charge is 2.78. The summed E-state index contributed by atoms with van der Waals surface area (Å²) in [4.78, 5) is 42.9. The Balaban J connectivity index is 1.39. The van der Waals surface area contributed by atoms with Crippen molar-refractivity contribution in [2.75, 3.05) is 23.5 Å². The van der Waals surface area contributed by atoms with Gasteiger partial charge in [-0.25, -0.2) is 4.39 Å². The molecule has 9 heteroatoms. The van der Waals surface area contributed by atoms with E-state index in [9.17, 15) is 24.6 Å². The van der Waals surface area contributed by atoms with Crippen LogP contribution >= 0.6 is 0 Å². The number of nitrogens with zero attached hydrogens (tertiary/aromatic N) is 1. The van der Waals surface area contributed by atoms with Gasteiger partial charge in [-0.05, 0) is 74.9 Å². The van der Waals surface area contributed by atoms with Gasteiger partial charge in [0.05, 0.1) is 18.3 Å². The molecule has 3 N–H and O–H groups in total. The lowest BCUT2D eigenvalue weighted by atomic mass is 9.44. The van der Waals surface area contributed by atoms with Crippen molar-refractivity contribution in [1.29, 1.82) is 0 Å². The lowest BCUT2D eigenvalue weighted by Crippen LogP contribution is -2.69. The van der Waals surface area contributed by atoms with Crippen molar-refractivity contribution < 1.29 is 33.8 Å². The zero-order chi connectivity index (χ0) is 27.1. The van der Waals surface area contributed by atoms with E-state index in [4.69, 9.17) is 4.84 Å². The normalized spacial score (nSPS) is 43.0. The van der Waals surface area contributed by atoms with Crippen molar-refractivity contribution in [1.82, 2.24) is 0 Å². The second-order valence-electron chi connectivity index (χ2n) is 12.0. The van der Waals surface area contributed by atoms with Crippen LogP contribution in [0.15, 0.2) is 48.1 Å². The maximum Gasteiger partial charge on any atom is 0.211 e. The van der Waals surface area contributed by atoms with E-state index < -0.39 is 46.5 Å². The Bertz CT molecular complexity index is 1260. The maximum atomic E-state index is 17.4. The summed E-state index contributed by atoms with van der Waals surface area (Å²) in [5.74, 6) is -1.75. The van der Waals surface area contributed by atoms with Crippen molar-refractivity contribution in [3.8, 4) is 0 Å². The molecular formula is C29H33FN2O6. The highest BCUT2D eigenvalue weighted by atomic mass is 19.1. The van der Waals surface area contributed by atoms with Gasteiger partial charge in [0.1, 0.15) is 6.61 Å². The Morgan fingerprint density at radius 1 is 1.26 bits per heavy atom. The maximum absolute atomic E-state index is 17.4. The minimum Gasteiger partial charge on any atom is -0.390 e. The molecule has 1 aromatic carbocycles. The molecule has 202 valence electrons. The van der Waals surface area contributed by atoms with Gasteiger partial charge in [-0.1, -0.05) is 18.6 Å². The summed E-state index contributed by atoms with van der Waals surface area (Å²) >= 11 is 0. The predicted octanol–water partition coefficient (Wildman–Crippen LogP) is 2.90. The molecule has 8 nitrogen and oxygen atoms in total. The number of amides is 1. The van der Waals surface area contributed by atoms with Gasteiger partial charge in [0.2, 0.25) is 6.41 Å². The van der Waals surface area contributed by atoms with E-state index >= 15 is 4.39 Å². The fraction of sp³-hybridized carbons (Fsp3) is 0.552. The average molecular weight is 525 g/mol. The number of benzene rings is 1. The van der Waals surface area contributed by atoms with Crippen LogP contribution in [0.5, 0.6) is 0 Å². The summed E-state index contributed by atoms with van der Waals surface area (Å²) in [6, 6.07) is 7.01. The molecule has 5 aliphatic rings. The average Bonchev–Trinajstić information content (AvgIpc) is 3.39. The number of fused-ring (bicyclic) bond motifs is 7. The van der Waals surface area contributed by atoms with E-state index in [1.807, 2.05) is 6.92 Å². The third-order valence-corrected chi connectivity index (χ3v) is 10.6. The van der Waals surface area contributed by atoms with Crippen LogP contribution in [0, 0.1) is 28.6 Å². The smallest absolute Gasteiger partial charge is 0.211 e. The van der Waals surface area contributed by atoms with Gasteiger partial charge in [0, 0.05) is 28.4 Å². The number of carbonyl (C=O) groups excluding carboxylic acids is 3. The van der Waals surface area contributed by atoms with Crippen LogP contribution < -0.4 is 10.4 Å². The topological polar surface area (TPSA) is 116 Å². The number of ketones is 2. The van der Waals surface area contributed by atoms with Crippen LogP contribution in [0.2, 0.25) is 0 Å². The van der Waals surface area contributed by atoms with Crippen LogP contribution in [0.4, 0.5) is 15.8 Å². The summed E-state index contributed by atoms with van der Waals surface area (Å²) in [5.41, 5.74) is -3.43. The van der Waals surface area contributed by atoms with Gasteiger partial charge in [0.15, 0.2) is 22.8 Å². The monoisotopic (exact) mass is 524 g/mol. The van der Waals surface area contributed by atoms with Gasteiger partial charge in [-0.2, -0.15) is 0 Å². The molecule has 1 amide bonds. The fourth-order valence-electron chi connectivity index (χ4n) is 8.82. The van der Waals surface area contributed by atoms with Gasteiger partial charge < -0.3 is 15.5 Å². The van der Waals surface area contributed by atoms with Crippen molar-refractivity contribution in [3.63, 3.8) is 0 Å². The molecule has 38 heavy (non-hydrogen) atoms. The van der Waals surface area contributed by atoms with Crippen LogP contribution in [0.25, 0.3) is 0 Å². The zero-order valence-corrected chi connectivity index (χ0v) is 21.5. The van der Waals surface area contributed by atoms with E-state index in [0.29, 0.717) is 49.2 Å². The first kappa shape index (κ1) is 25.4. The number of hydrogen-bond acceptors (Lipinski definition) is 7. The first-order valence-corrected chi connectivity index (χ1v) is 13.3. The number of rotatable bonds is 5. The number of anilines is 2. The van der Waals surface area contributed by atoms with Crippen LogP contribution in [0.1, 0.15) is 39.5 Å². The Morgan fingerprint density at radius 3 is 2.68 bits per heavy atom. The third-order valence-electron chi connectivity index (χ3n) is 10.6. The van der Waals surface area contributed by atoms with Gasteiger partial charge in [0.25, 0.3) is 0 Å². The summed E-state index contributed by atoms with van der Waals surface area (Å²) in [6.07, 6.45) is 5.23. The lowest BCUT2D eigenvalue weighted by molar-refractivity contribution is -0.223. The molecule has 4 fully saturated rings. The molecule has 0 bridgehead atoms. The van der Waals surface area contributed by atoms with Crippen molar-refractivity contribution in [3.05, 3.63) is 48.1 Å². The molecule has 3 saturated carbocycles. The fourth-order valence-corrected chi connectivity index (χ4v) is 8.82. The van der Waals surface area contributed by atoms with E-state index in [1.165, 1.54) is 12.2 Å². The SMILES string of the molecule is C[C@]12C=CC(=O)C=C1CC[C@H]1[C@@H]3C[C@H]4CN(c5ccc(NC=O)cc5)O[C@@]4(C(=O)CO)[C@@]3(C)C[C@H](O)[C@@]12F. The number of halogens is 1. The van der Waals surface area contributed by atoms with Gasteiger partial charge in [-0.15, -0.1) is 0 Å². The second kappa shape index (κ2) is 8.31. The summed E-state index contributed by atoms with van der Waals surface area (Å²) in [5, 5.41) is 25.9. The summed E-state index contributed by atoms with van der Waals surface area (Å²) < 4.78 is 17.4. The molecule has 0 unspecified atom stereocenters. The highest BCUT2D eigenvalue weighted by Crippen LogP contribution is 2.72. The Morgan fingerprint density at radius 2 is 2.00 bits per heavy atom. The van der Waals surface area contributed by atoms with Gasteiger partial charge >= 0.3 is 0 Å². The van der Waals surface area contributed by atoms with Crippen molar-refractivity contribution >= 4 is 29.4 Å².